The van der Waals surface area contributed by atoms with Crippen molar-refractivity contribution in [3.63, 3.8) is 0 Å². The molecule has 5 rings (SSSR count). The fourth-order valence-electron chi connectivity index (χ4n) is 4.29. The molecule has 3 heterocycles. The van der Waals surface area contributed by atoms with Crippen molar-refractivity contribution in [1.82, 2.24) is 15.1 Å². The van der Waals surface area contributed by atoms with E-state index in [1.165, 1.54) is 6.07 Å². The topological polar surface area (TPSA) is 78.5 Å². The highest BCUT2D eigenvalue weighted by atomic mass is 19.1. The van der Waals surface area contributed by atoms with Crippen molar-refractivity contribution < 1.29 is 19.0 Å². The lowest BCUT2D eigenvalue weighted by Crippen LogP contribution is -2.36. The van der Waals surface area contributed by atoms with Crippen molar-refractivity contribution in [2.75, 3.05) is 13.2 Å². The molecule has 7 heteroatoms. The van der Waals surface area contributed by atoms with Crippen LogP contribution in [0.1, 0.15) is 40.5 Å². The summed E-state index contributed by atoms with van der Waals surface area (Å²) in [4.78, 5) is 14.9. The van der Waals surface area contributed by atoms with Gasteiger partial charge >= 0.3 is 0 Å². The van der Waals surface area contributed by atoms with Gasteiger partial charge in [-0.3, -0.25) is 9.89 Å². The molecular weight excluding hydrogens is 373 g/mol. The van der Waals surface area contributed by atoms with Crippen LogP contribution in [0.4, 0.5) is 4.39 Å². The smallest absolute Gasteiger partial charge is 0.273 e. The van der Waals surface area contributed by atoms with Crippen LogP contribution in [-0.4, -0.2) is 45.4 Å². The SMILES string of the molecule is O=C1c2[nH]nc(-c3ccccc3O)c2[C@@H](c2ccccc2F)N1C[C@@H]1CCCO1. The van der Waals surface area contributed by atoms with Crippen LogP contribution in [0.2, 0.25) is 0 Å². The maximum atomic E-state index is 14.8. The Morgan fingerprint density at radius 2 is 2.00 bits per heavy atom. The number of aromatic amines is 1. The van der Waals surface area contributed by atoms with Gasteiger partial charge in [0.1, 0.15) is 23.0 Å². The number of benzene rings is 2. The number of phenols is 1. The number of rotatable bonds is 4. The fourth-order valence-corrected chi connectivity index (χ4v) is 4.29. The zero-order valence-corrected chi connectivity index (χ0v) is 15.6. The highest BCUT2D eigenvalue weighted by Gasteiger charge is 2.44. The summed E-state index contributed by atoms with van der Waals surface area (Å²) in [6.45, 7) is 1.05. The minimum Gasteiger partial charge on any atom is -0.507 e. The first-order valence-corrected chi connectivity index (χ1v) is 9.68. The molecule has 2 atom stereocenters. The summed E-state index contributed by atoms with van der Waals surface area (Å²) in [5.74, 6) is -0.572. The van der Waals surface area contributed by atoms with Gasteiger partial charge in [0.25, 0.3) is 5.91 Å². The van der Waals surface area contributed by atoms with E-state index in [1.54, 1.807) is 47.4 Å². The van der Waals surface area contributed by atoms with Crippen molar-refractivity contribution in [2.24, 2.45) is 0 Å². The molecule has 148 valence electrons. The number of carbonyl (C=O) groups is 1. The summed E-state index contributed by atoms with van der Waals surface area (Å²) < 4.78 is 20.6. The molecular formula is C22H20FN3O3. The number of H-pyrrole nitrogens is 1. The van der Waals surface area contributed by atoms with Crippen LogP contribution in [-0.2, 0) is 4.74 Å². The fraction of sp³-hybridized carbons (Fsp3) is 0.273. The molecule has 1 aromatic heterocycles. The second-order valence-electron chi connectivity index (χ2n) is 7.39. The van der Waals surface area contributed by atoms with Crippen LogP contribution < -0.4 is 0 Å². The summed E-state index contributed by atoms with van der Waals surface area (Å²) in [6, 6.07) is 12.6. The number of amides is 1. The standard InChI is InChI=1S/C22H20FN3O3/c23-16-9-3-1-7-14(16)21-18-19(15-8-2-4-10-17(15)27)24-25-20(18)22(28)26(21)12-13-6-5-11-29-13/h1-4,7-10,13,21,27H,5-6,11-12H2,(H,24,25)/t13-,21+/m0/s1. The molecule has 6 nitrogen and oxygen atoms in total. The molecule has 3 aromatic rings. The molecule has 2 aromatic carbocycles. The maximum Gasteiger partial charge on any atom is 0.273 e. The van der Waals surface area contributed by atoms with E-state index in [0.29, 0.717) is 41.2 Å². The van der Waals surface area contributed by atoms with E-state index in [4.69, 9.17) is 4.74 Å². The summed E-state index contributed by atoms with van der Waals surface area (Å²) in [5, 5.41) is 17.5. The van der Waals surface area contributed by atoms with Gasteiger partial charge < -0.3 is 14.7 Å². The lowest BCUT2D eigenvalue weighted by molar-refractivity contribution is 0.0492. The third-order valence-electron chi connectivity index (χ3n) is 5.65. The van der Waals surface area contributed by atoms with Crippen molar-refractivity contribution in [2.45, 2.75) is 25.0 Å². The van der Waals surface area contributed by atoms with Gasteiger partial charge in [-0.2, -0.15) is 5.10 Å². The Hall–Kier alpha value is -3.19. The molecule has 2 aliphatic heterocycles. The van der Waals surface area contributed by atoms with Crippen LogP contribution in [0.5, 0.6) is 5.75 Å². The molecule has 1 amide bonds. The number of nitrogens with one attached hydrogen (secondary N) is 1. The molecule has 0 spiro atoms. The normalized spacial score (nSPS) is 21.0. The van der Waals surface area contributed by atoms with Crippen LogP contribution in [0.25, 0.3) is 11.3 Å². The highest BCUT2D eigenvalue weighted by Crippen LogP contribution is 2.45. The van der Waals surface area contributed by atoms with Crippen molar-refractivity contribution in [3.05, 3.63) is 71.2 Å². The number of ether oxygens (including phenoxy) is 1. The Bertz CT molecular complexity index is 1070. The first-order valence-electron chi connectivity index (χ1n) is 9.68. The average molecular weight is 393 g/mol. The maximum absolute atomic E-state index is 14.8. The Kier molecular flexibility index (Phi) is 4.32. The van der Waals surface area contributed by atoms with Gasteiger partial charge in [-0.05, 0) is 31.0 Å². The van der Waals surface area contributed by atoms with Gasteiger partial charge in [-0.15, -0.1) is 0 Å². The number of nitrogens with zero attached hydrogens (tertiary/aromatic N) is 2. The third kappa shape index (κ3) is 2.89. The quantitative estimate of drug-likeness (QED) is 0.709. The molecule has 29 heavy (non-hydrogen) atoms. The van der Waals surface area contributed by atoms with E-state index in [0.717, 1.165) is 12.8 Å². The van der Waals surface area contributed by atoms with Gasteiger partial charge in [0.05, 0.1) is 12.1 Å². The van der Waals surface area contributed by atoms with Crippen LogP contribution in [0, 0.1) is 5.82 Å². The van der Waals surface area contributed by atoms with Gasteiger partial charge in [0, 0.05) is 29.8 Å². The number of hydrogen-bond acceptors (Lipinski definition) is 4. The number of carbonyl (C=O) groups excluding carboxylic acids is 1. The van der Waals surface area contributed by atoms with Gasteiger partial charge in [-0.25, -0.2) is 4.39 Å². The summed E-state index contributed by atoms with van der Waals surface area (Å²) in [7, 11) is 0. The van der Waals surface area contributed by atoms with E-state index in [1.807, 2.05) is 0 Å². The summed E-state index contributed by atoms with van der Waals surface area (Å²) in [5.41, 5.74) is 2.26. The van der Waals surface area contributed by atoms with Crippen molar-refractivity contribution in [3.8, 4) is 17.0 Å². The molecule has 0 aliphatic carbocycles. The van der Waals surface area contributed by atoms with E-state index >= 15 is 0 Å². The summed E-state index contributed by atoms with van der Waals surface area (Å²) >= 11 is 0. The molecule has 0 unspecified atom stereocenters. The van der Waals surface area contributed by atoms with Crippen molar-refractivity contribution in [1.29, 1.82) is 0 Å². The lowest BCUT2D eigenvalue weighted by Gasteiger charge is -2.28. The first-order chi connectivity index (χ1) is 14.1. The molecule has 0 saturated carbocycles. The Morgan fingerprint density at radius 3 is 2.76 bits per heavy atom. The Morgan fingerprint density at radius 1 is 1.21 bits per heavy atom. The number of para-hydroxylation sites is 1. The number of aromatic hydroxyl groups is 1. The molecule has 1 fully saturated rings. The van der Waals surface area contributed by atoms with E-state index in [9.17, 15) is 14.3 Å². The largest absolute Gasteiger partial charge is 0.507 e. The summed E-state index contributed by atoms with van der Waals surface area (Å²) in [6.07, 6.45) is 1.75. The molecule has 1 saturated heterocycles. The second-order valence-corrected chi connectivity index (χ2v) is 7.39. The highest BCUT2D eigenvalue weighted by molar-refractivity contribution is 6.00. The van der Waals surface area contributed by atoms with E-state index in [-0.39, 0.29) is 23.6 Å². The molecule has 0 radical (unpaired) electrons. The van der Waals surface area contributed by atoms with Gasteiger partial charge in [0.15, 0.2) is 0 Å². The van der Waals surface area contributed by atoms with E-state index in [2.05, 4.69) is 10.2 Å². The second kappa shape index (κ2) is 7.00. The molecule has 2 N–H and O–H groups in total. The molecule has 2 aliphatic rings. The predicted octanol–water partition coefficient (Wildman–Crippen LogP) is 3.65. The zero-order valence-electron chi connectivity index (χ0n) is 15.6. The number of hydrogen-bond donors (Lipinski definition) is 2. The first kappa shape index (κ1) is 17.9. The predicted molar refractivity (Wildman–Crippen MR) is 104 cm³/mol. The number of aromatic nitrogens is 2. The Labute approximate surface area is 166 Å². The van der Waals surface area contributed by atoms with Crippen LogP contribution in [0.15, 0.2) is 48.5 Å². The molecule has 0 bridgehead atoms. The Balaban J connectivity index is 1.66. The third-order valence-corrected chi connectivity index (χ3v) is 5.65. The number of halogens is 1. The number of fused-ring (bicyclic) bond motifs is 1. The minimum atomic E-state index is -0.642. The van der Waals surface area contributed by atoms with Crippen molar-refractivity contribution >= 4 is 5.91 Å². The van der Waals surface area contributed by atoms with Gasteiger partial charge in [-0.1, -0.05) is 30.3 Å². The lowest BCUT2D eigenvalue weighted by atomic mass is 9.95. The average Bonchev–Trinajstić information content (AvgIpc) is 3.43. The monoisotopic (exact) mass is 393 g/mol. The zero-order chi connectivity index (χ0) is 20.0. The van der Waals surface area contributed by atoms with Crippen LogP contribution >= 0.6 is 0 Å². The van der Waals surface area contributed by atoms with Crippen LogP contribution in [0.3, 0.4) is 0 Å². The van der Waals surface area contributed by atoms with E-state index < -0.39 is 6.04 Å². The van der Waals surface area contributed by atoms with Gasteiger partial charge in [0.2, 0.25) is 0 Å². The minimum absolute atomic E-state index is 0.0547. The number of phenolic OH excluding ortho intramolecular Hbond substituents is 1.